The zero-order valence-electron chi connectivity index (χ0n) is 8.31. The van der Waals surface area contributed by atoms with Crippen LogP contribution in [0, 0.1) is 0 Å². The molecule has 0 radical (unpaired) electrons. The SMILES string of the molecule is COc1ccc(Br)cc1C(Cl)CC(F)(F)F. The fourth-order valence-electron chi connectivity index (χ4n) is 1.26. The summed E-state index contributed by atoms with van der Waals surface area (Å²) in [7, 11) is 1.39. The molecule has 0 fully saturated rings. The van der Waals surface area contributed by atoms with E-state index >= 15 is 0 Å². The van der Waals surface area contributed by atoms with Crippen molar-refractivity contribution in [3.63, 3.8) is 0 Å². The third kappa shape index (κ3) is 3.87. The topological polar surface area (TPSA) is 9.23 Å². The smallest absolute Gasteiger partial charge is 0.390 e. The Kier molecular flexibility index (Phi) is 4.50. The summed E-state index contributed by atoms with van der Waals surface area (Å²) in [5.74, 6) is 0.354. The van der Waals surface area contributed by atoms with E-state index in [-0.39, 0.29) is 0 Å². The molecule has 16 heavy (non-hydrogen) atoms. The minimum absolute atomic E-state index is 0.330. The molecule has 0 aliphatic carbocycles. The molecule has 1 nitrogen and oxygen atoms in total. The summed E-state index contributed by atoms with van der Waals surface area (Å²) in [6.07, 6.45) is -5.37. The van der Waals surface area contributed by atoms with E-state index in [1.165, 1.54) is 13.2 Å². The summed E-state index contributed by atoms with van der Waals surface area (Å²) in [4.78, 5) is 0. The van der Waals surface area contributed by atoms with Crippen LogP contribution in [-0.4, -0.2) is 13.3 Å². The predicted octanol–water partition coefficient (Wildman–Crippen LogP) is 4.69. The van der Waals surface area contributed by atoms with Gasteiger partial charge in [0.15, 0.2) is 0 Å². The summed E-state index contributed by atoms with van der Waals surface area (Å²) in [5, 5.41) is -1.15. The first kappa shape index (κ1) is 13.6. The van der Waals surface area contributed by atoms with Gasteiger partial charge in [0.05, 0.1) is 18.9 Å². The van der Waals surface area contributed by atoms with Crippen LogP contribution in [0.25, 0.3) is 0 Å². The Labute approximate surface area is 105 Å². The van der Waals surface area contributed by atoms with Gasteiger partial charge in [-0.3, -0.25) is 0 Å². The molecule has 0 N–H and O–H groups in total. The lowest BCUT2D eigenvalue weighted by Crippen LogP contribution is -2.11. The molecule has 0 saturated carbocycles. The largest absolute Gasteiger partial charge is 0.496 e. The minimum atomic E-state index is -4.29. The highest BCUT2D eigenvalue weighted by Crippen LogP contribution is 2.39. The first-order valence-corrected chi connectivity index (χ1v) is 5.60. The number of alkyl halides is 4. The minimum Gasteiger partial charge on any atom is -0.496 e. The Morgan fingerprint density at radius 2 is 2.06 bits per heavy atom. The van der Waals surface area contributed by atoms with Crippen molar-refractivity contribution in [2.75, 3.05) is 7.11 Å². The third-order valence-electron chi connectivity index (χ3n) is 1.94. The molecule has 0 aliphatic rings. The summed E-state index contributed by atoms with van der Waals surface area (Å²) < 4.78 is 42.2. The van der Waals surface area contributed by atoms with E-state index < -0.39 is 18.0 Å². The number of hydrogen-bond donors (Lipinski definition) is 0. The summed E-state index contributed by atoms with van der Waals surface area (Å²) in [6.45, 7) is 0. The maximum Gasteiger partial charge on any atom is 0.390 e. The predicted molar refractivity (Wildman–Crippen MR) is 60.0 cm³/mol. The van der Waals surface area contributed by atoms with Crippen LogP contribution in [0.3, 0.4) is 0 Å². The molecule has 1 aromatic rings. The lowest BCUT2D eigenvalue weighted by molar-refractivity contribution is -0.134. The molecule has 1 rings (SSSR count). The maximum atomic E-state index is 12.2. The first-order valence-electron chi connectivity index (χ1n) is 4.38. The number of rotatable bonds is 3. The Bertz CT molecular complexity index is 368. The van der Waals surface area contributed by atoms with Crippen molar-refractivity contribution >= 4 is 27.5 Å². The van der Waals surface area contributed by atoms with Crippen LogP contribution in [0.4, 0.5) is 13.2 Å². The van der Waals surface area contributed by atoms with Crippen molar-refractivity contribution in [3.05, 3.63) is 28.2 Å². The molecule has 0 bridgehead atoms. The van der Waals surface area contributed by atoms with Gasteiger partial charge in [-0.15, -0.1) is 11.6 Å². The molecule has 0 saturated heterocycles. The van der Waals surface area contributed by atoms with Crippen molar-refractivity contribution in [3.8, 4) is 5.75 Å². The lowest BCUT2D eigenvalue weighted by atomic mass is 10.1. The first-order chi connectivity index (χ1) is 7.33. The maximum absolute atomic E-state index is 12.2. The molecular weight excluding hydrogens is 308 g/mol. The van der Waals surface area contributed by atoms with Crippen LogP contribution in [-0.2, 0) is 0 Å². The fourth-order valence-corrected chi connectivity index (χ4v) is 1.99. The summed E-state index contributed by atoms with van der Waals surface area (Å²) in [5.41, 5.74) is 0.330. The van der Waals surface area contributed by atoms with E-state index in [1.54, 1.807) is 12.1 Å². The number of benzene rings is 1. The zero-order valence-corrected chi connectivity index (χ0v) is 10.7. The lowest BCUT2D eigenvalue weighted by Gasteiger charge is -2.15. The standard InChI is InChI=1S/C10H9BrClF3O/c1-16-9-3-2-6(11)4-7(9)8(12)5-10(13,14)15/h2-4,8H,5H2,1H3. The summed E-state index contributed by atoms with van der Waals surface area (Å²) >= 11 is 8.90. The van der Waals surface area contributed by atoms with E-state index in [2.05, 4.69) is 15.9 Å². The number of methoxy groups -OCH3 is 1. The van der Waals surface area contributed by atoms with Crippen LogP contribution in [0.1, 0.15) is 17.4 Å². The second kappa shape index (κ2) is 5.27. The molecule has 90 valence electrons. The van der Waals surface area contributed by atoms with Gasteiger partial charge in [0.25, 0.3) is 0 Å². The van der Waals surface area contributed by atoms with E-state index in [1.807, 2.05) is 0 Å². The van der Waals surface area contributed by atoms with Crippen molar-refractivity contribution < 1.29 is 17.9 Å². The summed E-state index contributed by atoms with van der Waals surface area (Å²) in [6, 6.07) is 4.78. The van der Waals surface area contributed by atoms with Gasteiger partial charge in [0, 0.05) is 10.0 Å². The van der Waals surface area contributed by atoms with Crippen molar-refractivity contribution in [1.82, 2.24) is 0 Å². The van der Waals surface area contributed by atoms with E-state index in [4.69, 9.17) is 16.3 Å². The van der Waals surface area contributed by atoms with Gasteiger partial charge in [0.1, 0.15) is 5.75 Å². The molecule has 0 amide bonds. The van der Waals surface area contributed by atoms with Gasteiger partial charge < -0.3 is 4.74 Å². The van der Waals surface area contributed by atoms with Crippen LogP contribution in [0.5, 0.6) is 5.75 Å². The Balaban J connectivity index is 2.97. The van der Waals surface area contributed by atoms with Crippen LogP contribution in [0.15, 0.2) is 22.7 Å². The van der Waals surface area contributed by atoms with Crippen LogP contribution < -0.4 is 4.74 Å². The van der Waals surface area contributed by atoms with Crippen molar-refractivity contribution in [1.29, 1.82) is 0 Å². The molecular formula is C10H9BrClF3O. The normalized spacial score (nSPS) is 13.6. The molecule has 1 atom stereocenters. The third-order valence-corrected chi connectivity index (χ3v) is 2.82. The average Bonchev–Trinajstić information content (AvgIpc) is 2.15. The fraction of sp³-hybridized carbons (Fsp3) is 0.400. The molecule has 6 heteroatoms. The van der Waals surface area contributed by atoms with Gasteiger partial charge in [-0.2, -0.15) is 13.2 Å². The number of hydrogen-bond acceptors (Lipinski definition) is 1. The van der Waals surface area contributed by atoms with Crippen molar-refractivity contribution in [2.45, 2.75) is 18.0 Å². The second-order valence-corrected chi connectivity index (χ2v) is 4.62. The Morgan fingerprint density at radius 3 is 2.56 bits per heavy atom. The van der Waals surface area contributed by atoms with E-state index in [0.29, 0.717) is 15.8 Å². The van der Waals surface area contributed by atoms with Gasteiger partial charge in [-0.1, -0.05) is 15.9 Å². The average molecular weight is 318 g/mol. The highest BCUT2D eigenvalue weighted by Gasteiger charge is 2.32. The highest BCUT2D eigenvalue weighted by molar-refractivity contribution is 9.10. The number of ether oxygens (including phenoxy) is 1. The van der Waals surface area contributed by atoms with E-state index in [9.17, 15) is 13.2 Å². The highest BCUT2D eigenvalue weighted by atomic mass is 79.9. The van der Waals surface area contributed by atoms with Crippen molar-refractivity contribution in [2.24, 2.45) is 0 Å². The molecule has 1 unspecified atom stereocenters. The van der Waals surface area contributed by atoms with Crippen LogP contribution in [0.2, 0.25) is 0 Å². The molecule has 0 heterocycles. The monoisotopic (exact) mass is 316 g/mol. The Hall–Kier alpha value is -0.420. The van der Waals surface area contributed by atoms with Gasteiger partial charge >= 0.3 is 6.18 Å². The quantitative estimate of drug-likeness (QED) is 0.735. The van der Waals surface area contributed by atoms with Crippen LogP contribution >= 0.6 is 27.5 Å². The van der Waals surface area contributed by atoms with Gasteiger partial charge in [0.2, 0.25) is 0 Å². The van der Waals surface area contributed by atoms with Gasteiger partial charge in [-0.25, -0.2) is 0 Å². The van der Waals surface area contributed by atoms with Gasteiger partial charge in [-0.05, 0) is 18.2 Å². The number of halogens is 5. The molecule has 0 spiro atoms. The Morgan fingerprint density at radius 1 is 1.44 bits per heavy atom. The second-order valence-electron chi connectivity index (χ2n) is 3.17. The molecule has 1 aromatic carbocycles. The molecule has 0 aliphatic heterocycles. The molecule has 0 aromatic heterocycles. The zero-order chi connectivity index (χ0) is 12.3. The van der Waals surface area contributed by atoms with E-state index in [0.717, 1.165) is 0 Å².